The molecule has 2 N–H and O–H groups in total. The van der Waals surface area contributed by atoms with E-state index in [1.54, 1.807) is 0 Å². The molecule has 1 aliphatic rings. The van der Waals surface area contributed by atoms with Gasteiger partial charge in [-0.15, -0.1) is 0 Å². The van der Waals surface area contributed by atoms with E-state index >= 15 is 0 Å². The summed E-state index contributed by atoms with van der Waals surface area (Å²) in [6.07, 6.45) is 9.93. The molecule has 3 heteroatoms. The van der Waals surface area contributed by atoms with Crippen molar-refractivity contribution < 1.29 is 9.84 Å². The molecule has 0 bridgehead atoms. The first-order valence-electron chi connectivity index (χ1n) is 7.31. The van der Waals surface area contributed by atoms with Gasteiger partial charge in [-0.05, 0) is 25.7 Å². The molecule has 0 spiro atoms. The van der Waals surface area contributed by atoms with E-state index < -0.39 is 0 Å². The van der Waals surface area contributed by atoms with E-state index in [-0.39, 0.29) is 12.6 Å². The van der Waals surface area contributed by atoms with E-state index in [0.29, 0.717) is 6.04 Å². The summed E-state index contributed by atoms with van der Waals surface area (Å²) in [7, 11) is 0. The lowest BCUT2D eigenvalue weighted by molar-refractivity contribution is 0.110. The fourth-order valence-electron chi connectivity index (χ4n) is 1.95. The molecule has 1 atom stereocenters. The molecule has 17 heavy (non-hydrogen) atoms. The average Bonchev–Trinajstić information content (AvgIpc) is 3.15. The van der Waals surface area contributed by atoms with Gasteiger partial charge in [-0.25, -0.2) is 0 Å². The maximum Gasteiger partial charge on any atom is 0.0585 e. The topological polar surface area (TPSA) is 41.5 Å². The van der Waals surface area contributed by atoms with Gasteiger partial charge < -0.3 is 15.2 Å². The van der Waals surface area contributed by atoms with Crippen molar-refractivity contribution in [1.29, 1.82) is 0 Å². The maximum atomic E-state index is 9.18. The van der Waals surface area contributed by atoms with Crippen LogP contribution in [0.4, 0.5) is 0 Å². The Morgan fingerprint density at radius 3 is 2.59 bits per heavy atom. The van der Waals surface area contributed by atoms with Crippen molar-refractivity contribution in [3.8, 4) is 0 Å². The molecule has 3 nitrogen and oxygen atoms in total. The fourth-order valence-corrected chi connectivity index (χ4v) is 1.95. The van der Waals surface area contributed by atoms with Crippen molar-refractivity contribution in [2.45, 2.75) is 70.4 Å². The Hall–Kier alpha value is -0.120. The van der Waals surface area contributed by atoms with Crippen LogP contribution in [0.15, 0.2) is 0 Å². The largest absolute Gasteiger partial charge is 0.395 e. The van der Waals surface area contributed by atoms with Gasteiger partial charge in [0.05, 0.1) is 6.61 Å². The maximum absolute atomic E-state index is 9.18. The first-order chi connectivity index (χ1) is 8.36. The molecule has 0 aromatic carbocycles. The van der Waals surface area contributed by atoms with Crippen LogP contribution in [0, 0.1) is 0 Å². The minimum atomic E-state index is 0.233. The highest BCUT2D eigenvalue weighted by Gasteiger charge is 2.23. The van der Waals surface area contributed by atoms with Gasteiger partial charge in [-0.2, -0.15) is 0 Å². The van der Waals surface area contributed by atoms with Crippen LogP contribution in [-0.4, -0.2) is 37.0 Å². The van der Waals surface area contributed by atoms with Crippen LogP contribution in [0.3, 0.4) is 0 Å². The molecule has 102 valence electrons. The predicted octanol–water partition coefficient (Wildman–Crippen LogP) is 2.48. The second-order valence-corrected chi connectivity index (χ2v) is 5.14. The van der Waals surface area contributed by atoms with Crippen molar-refractivity contribution in [3.63, 3.8) is 0 Å². The summed E-state index contributed by atoms with van der Waals surface area (Å²) in [6.45, 7) is 4.12. The zero-order chi connectivity index (χ0) is 12.3. The number of nitrogens with one attached hydrogen (secondary N) is 1. The number of hydrogen-bond donors (Lipinski definition) is 2. The highest BCUT2D eigenvalue weighted by Crippen LogP contribution is 2.19. The van der Waals surface area contributed by atoms with Crippen LogP contribution in [0.25, 0.3) is 0 Å². The normalized spacial score (nSPS) is 17.3. The van der Waals surface area contributed by atoms with Crippen LogP contribution < -0.4 is 5.32 Å². The molecule has 0 aliphatic heterocycles. The average molecular weight is 243 g/mol. The van der Waals surface area contributed by atoms with Crippen molar-refractivity contribution in [2.75, 3.05) is 19.8 Å². The number of ether oxygens (including phenoxy) is 1. The van der Waals surface area contributed by atoms with Gasteiger partial charge in [-0.3, -0.25) is 0 Å². The molecular formula is C14H29NO2. The van der Waals surface area contributed by atoms with E-state index in [1.807, 2.05) is 0 Å². The van der Waals surface area contributed by atoms with E-state index in [0.717, 1.165) is 19.6 Å². The molecule has 0 amide bonds. The quantitative estimate of drug-likeness (QED) is 0.517. The summed E-state index contributed by atoms with van der Waals surface area (Å²) in [6, 6.07) is 0.906. The van der Waals surface area contributed by atoms with Crippen LogP contribution in [0.2, 0.25) is 0 Å². The number of aliphatic hydroxyl groups excluding tert-OH is 1. The van der Waals surface area contributed by atoms with E-state index in [2.05, 4.69) is 12.2 Å². The molecule has 1 rings (SSSR count). The molecule has 1 fully saturated rings. The Morgan fingerprint density at radius 2 is 1.94 bits per heavy atom. The van der Waals surface area contributed by atoms with Crippen LogP contribution in [-0.2, 0) is 4.74 Å². The first-order valence-corrected chi connectivity index (χ1v) is 7.31. The standard InChI is InChI=1S/C14H29NO2/c1-2-3-4-5-6-10-17-11-9-14(12-16)15-13-7-8-13/h13-16H,2-12H2,1H3. The van der Waals surface area contributed by atoms with Gasteiger partial charge in [0.2, 0.25) is 0 Å². The Kier molecular flexibility index (Phi) is 8.67. The van der Waals surface area contributed by atoms with Crippen molar-refractivity contribution in [3.05, 3.63) is 0 Å². The Balaban J connectivity index is 1.81. The smallest absolute Gasteiger partial charge is 0.0585 e. The number of aliphatic hydroxyl groups is 1. The summed E-state index contributed by atoms with van der Waals surface area (Å²) in [5, 5.41) is 12.6. The lowest BCUT2D eigenvalue weighted by Gasteiger charge is -2.15. The van der Waals surface area contributed by atoms with Gasteiger partial charge in [0.25, 0.3) is 0 Å². The minimum absolute atomic E-state index is 0.233. The summed E-state index contributed by atoms with van der Waals surface area (Å²) in [5.41, 5.74) is 0. The van der Waals surface area contributed by atoms with E-state index in [1.165, 1.54) is 44.9 Å². The highest BCUT2D eigenvalue weighted by atomic mass is 16.5. The molecule has 0 aromatic rings. The van der Waals surface area contributed by atoms with Gasteiger partial charge in [-0.1, -0.05) is 32.6 Å². The molecule has 0 saturated heterocycles. The third-order valence-corrected chi connectivity index (χ3v) is 3.27. The van der Waals surface area contributed by atoms with Crippen LogP contribution in [0.5, 0.6) is 0 Å². The number of unbranched alkanes of at least 4 members (excludes halogenated alkanes) is 4. The molecule has 1 saturated carbocycles. The zero-order valence-electron chi connectivity index (χ0n) is 11.3. The second-order valence-electron chi connectivity index (χ2n) is 5.14. The Morgan fingerprint density at radius 1 is 1.18 bits per heavy atom. The molecule has 0 radical (unpaired) electrons. The molecule has 1 aliphatic carbocycles. The van der Waals surface area contributed by atoms with Gasteiger partial charge in [0.1, 0.15) is 0 Å². The summed E-state index contributed by atoms with van der Waals surface area (Å²) < 4.78 is 5.60. The second kappa shape index (κ2) is 9.86. The third kappa shape index (κ3) is 8.58. The molecule has 0 aromatic heterocycles. The summed E-state index contributed by atoms with van der Waals surface area (Å²) in [4.78, 5) is 0. The monoisotopic (exact) mass is 243 g/mol. The molecule has 0 heterocycles. The van der Waals surface area contributed by atoms with Crippen molar-refractivity contribution >= 4 is 0 Å². The van der Waals surface area contributed by atoms with Crippen LogP contribution >= 0.6 is 0 Å². The van der Waals surface area contributed by atoms with Gasteiger partial charge >= 0.3 is 0 Å². The van der Waals surface area contributed by atoms with Crippen molar-refractivity contribution in [2.24, 2.45) is 0 Å². The lowest BCUT2D eigenvalue weighted by atomic mass is 10.2. The first kappa shape index (κ1) is 14.9. The van der Waals surface area contributed by atoms with E-state index in [9.17, 15) is 5.11 Å². The highest BCUT2D eigenvalue weighted by molar-refractivity contribution is 4.84. The number of rotatable bonds is 12. The zero-order valence-corrected chi connectivity index (χ0v) is 11.3. The SMILES string of the molecule is CCCCCCCOCCC(CO)NC1CC1. The lowest BCUT2D eigenvalue weighted by Crippen LogP contribution is -2.35. The van der Waals surface area contributed by atoms with Gasteiger partial charge in [0.15, 0.2) is 0 Å². The number of hydrogen-bond acceptors (Lipinski definition) is 3. The minimum Gasteiger partial charge on any atom is -0.395 e. The summed E-state index contributed by atoms with van der Waals surface area (Å²) in [5.74, 6) is 0. The predicted molar refractivity (Wildman–Crippen MR) is 71.2 cm³/mol. The fraction of sp³-hybridized carbons (Fsp3) is 1.00. The van der Waals surface area contributed by atoms with Crippen LogP contribution in [0.1, 0.15) is 58.3 Å². The van der Waals surface area contributed by atoms with Gasteiger partial charge in [0, 0.05) is 25.3 Å². The molecule has 1 unspecified atom stereocenters. The van der Waals surface area contributed by atoms with Crippen molar-refractivity contribution in [1.82, 2.24) is 5.32 Å². The molecular weight excluding hydrogens is 214 g/mol. The Labute approximate surface area is 106 Å². The van der Waals surface area contributed by atoms with E-state index in [4.69, 9.17) is 4.74 Å². The summed E-state index contributed by atoms with van der Waals surface area (Å²) >= 11 is 0. The Bertz CT molecular complexity index is 172. The third-order valence-electron chi connectivity index (χ3n) is 3.27.